The van der Waals surface area contributed by atoms with E-state index in [0.717, 1.165) is 31.5 Å². The van der Waals surface area contributed by atoms with Crippen LogP contribution in [0, 0.1) is 12.3 Å². The maximum absolute atomic E-state index is 5.30. The van der Waals surface area contributed by atoms with E-state index in [-0.39, 0.29) is 0 Å². The van der Waals surface area contributed by atoms with Crippen LogP contribution in [0.2, 0.25) is 0 Å². The Morgan fingerprint density at radius 2 is 2.40 bits per heavy atom. The maximum atomic E-state index is 5.30. The number of terminal acetylenes is 1. The van der Waals surface area contributed by atoms with Crippen molar-refractivity contribution in [3.63, 3.8) is 0 Å². The van der Waals surface area contributed by atoms with Crippen LogP contribution in [-0.4, -0.2) is 11.0 Å². The van der Waals surface area contributed by atoms with E-state index >= 15 is 0 Å². The molecule has 0 aliphatic heterocycles. The highest BCUT2D eigenvalue weighted by molar-refractivity contribution is 7.09. The smallest absolute Gasteiger partial charge is 0.0926 e. The zero-order chi connectivity index (χ0) is 11.1. The van der Waals surface area contributed by atoms with E-state index < -0.39 is 0 Å². The van der Waals surface area contributed by atoms with Crippen molar-refractivity contribution in [1.82, 2.24) is 10.3 Å². The number of nitrogens with zero attached hydrogens (tertiary/aromatic N) is 1. The van der Waals surface area contributed by atoms with Crippen LogP contribution in [0.4, 0.5) is 0 Å². The molecule has 0 spiro atoms. The summed E-state index contributed by atoms with van der Waals surface area (Å²) < 4.78 is 0. The number of hydrogen-bond donors (Lipinski definition) is 1. The number of rotatable bonds is 6. The van der Waals surface area contributed by atoms with Gasteiger partial charge in [-0.05, 0) is 12.8 Å². The maximum Gasteiger partial charge on any atom is 0.0926 e. The first-order valence-corrected chi connectivity index (χ1v) is 6.28. The van der Waals surface area contributed by atoms with E-state index in [1.165, 1.54) is 5.01 Å². The van der Waals surface area contributed by atoms with Gasteiger partial charge in [0.2, 0.25) is 0 Å². The molecular formula is C12H18N2S. The molecule has 3 heteroatoms. The van der Waals surface area contributed by atoms with Crippen LogP contribution in [-0.2, 0) is 13.0 Å². The highest BCUT2D eigenvalue weighted by Crippen LogP contribution is 2.10. The molecule has 0 aromatic carbocycles. The third-order valence-electron chi connectivity index (χ3n) is 2.33. The Hall–Kier alpha value is -0.850. The average molecular weight is 222 g/mol. The summed E-state index contributed by atoms with van der Waals surface area (Å²) in [5.74, 6) is 2.69. The lowest BCUT2D eigenvalue weighted by Crippen LogP contribution is -2.27. The Morgan fingerprint density at radius 3 is 2.93 bits per heavy atom. The summed E-state index contributed by atoms with van der Waals surface area (Å²) in [4.78, 5) is 4.50. The quantitative estimate of drug-likeness (QED) is 0.748. The highest BCUT2D eigenvalue weighted by Gasteiger charge is 2.05. The number of nitrogens with one attached hydrogen (secondary N) is 1. The SMILES string of the molecule is C#CCC(CC)NCc1csc(CC)n1. The second-order valence-corrected chi connectivity index (χ2v) is 4.42. The fraction of sp³-hybridized carbons (Fsp3) is 0.583. The summed E-state index contributed by atoms with van der Waals surface area (Å²) in [6, 6.07) is 0.418. The standard InChI is InChI=1S/C12H18N2S/c1-4-7-10(5-2)13-8-11-9-15-12(6-3)14-11/h1,9-10,13H,5-8H2,2-3H3. The van der Waals surface area contributed by atoms with Crippen molar-refractivity contribution < 1.29 is 0 Å². The third kappa shape index (κ3) is 4.03. The minimum absolute atomic E-state index is 0.418. The van der Waals surface area contributed by atoms with Crippen LogP contribution in [0.1, 0.15) is 37.4 Å². The predicted molar refractivity (Wildman–Crippen MR) is 65.9 cm³/mol. The molecule has 1 atom stereocenters. The van der Waals surface area contributed by atoms with Crippen LogP contribution in [0.3, 0.4) is 0 Å². The van der Waals surface area contributed by atoms with Crippen LogP contribution in [0.5, 0.6) is 0 Å². The van der Waals surface area contributed by atoms with Crippen molar-refractivity contribution in [2.45, 2.75) is 45.7 Å². The van der Waals surface area contributed by atoms with Gasteiger partial charge < -0.3 is 5.32 Å². The molecule has 2 nitrogen and oxygen atoms in total. The molecular weight excluding hydrogens is 204 g/mol. The molecule has 0 radical (unpaired) electrons. The molecule has 0 aliphatic carbocycles. The van der Waals surface area contributed by atoms with Gasteiger partial charge in [-0.3, -0.25) is 0 Å². The molecule has 0 bridgehead atoms. The molecule has 1 aromatic rings. The summed E-state index contributed by atoms with van der Waals surface area (Å²) in [6.07, 6.45) is 8.17. The van der Waals surface area contributed by atoms with Crippen LogP contribution >= 0.6 is 11.3 Å². The molecule has 0 fully saturated rings. The first kappa shape index (κ1) is 12.2. The molecule has 1 rings (SSSR count). The zero-order valence-electron chi connectivity index (χ0n) is 9.42. The summed E-state index contributed by atoms with van der Waals surface area (Å²) >= 11 is 1.73. The van der Waals surface area contributed by atoms with Gasteiger partial charge in [-0.25, -0.2) is 4.98 Å². The third-order valence-corrected chi connectivity index (χ3v) is 3.37. The fourth-order valence-electron chi connectivity index (χ4n) is 1.34. The van der Waals surface area contributed by atoms with E-state index in [2.05, 4.69) is 35.4 Å². The molecule has 82 valence electrons. The van der Waals surface area contributed by atoms with Crippen molar-refractivity contribution in [1.29, 1.82) is 0 Å². The van der Waals surface area contributed by atoms with Crippen molar-refractivity contribution in [3.8, 4) is 12.3 Å². The van der Waals surface area contributed by atoms with Gasteiger partial charge in [0.15, 0.2) is 0 Å². The molecule has 1 N–H and O–H groups in total. The summed E-state index contributed by atoms with van der Waals surface area (Å²) in [6.45, 7) is 5.10. The number of aryl methyl sites for hydroxylation is 1. The summed E-state index contributed by atoms with van der Waals surface area (Å²) in [5.41, 5.74) is 1.13. The molecule has 1 unspecified atom stereocenters. The lowest BCUT2D eigenvalue weighted by molar-refractivity contribution is 0.503. The summed E-state index contributed by atoms with van der Waals surface area (Å²) in [7, 11) is 0. The Bertz CT molecular complexity index is 325. The van der Waals surface area contributed by atoms with Gasteiger partial charge in [0.25, 0.3) is 0 Å². The average Bonchev–Trinajstić information content (AvgIpc) is 2.72. The first-order chi connectivity index (χ1) is 7.30. The van der Waals surface area contributed by atoms with E-state index in [4.69, 9.17) is 6.42 Å². The number of aromatic nitrogens is 1. The van der Waals surface area contributed by atoms with Crippen molar-refractivity contribution in [2.75, 3.05) is 0 Å². The molecule has 0 aliphatic rings. The van der Waals surface area contributed by atoms with Gasteiger partial charge in [0.1, 0.15) is 0 Å². The molecule has 0 saturated carbocycles. The predicted octanol–water partition coefficient (Wildman–Crippen LogP) is 2.60. The van der Waals surface area contributed by atoms with E-state index in [1.807, 2.05) is 0 Å². The van der Waals surface area contributed by atoms with Crippen molar-refractivity contribution >= 4 is 11.3 Å². The Balaban J connectivity index is 2.38. The van der Waals surface area contributed by atoms with Gasteiger partial charge in [-0.15, -0.1) is 23.7 Å². The highest BCUT2D eigenvalue weighted by atomic mass is 32.1. The Kier molecular flexibility index (Phi) is 5.38. The van der Waals surface area contributed by atoms with Crippen molar-refractivity contribution in [3.05, 3.63) is 16.1 Å². The van der Waals surface area contributed by atoms with Gasteiger partial charge in [0, 0.05) is 24.4 Å². The van der Waals surface area contributed by atoms with Gasteiger partial charge >= 0.3 is 0 Å². The minimum atomic E-state index is 0.418. The monoisotopic (exact) mass is 222 g/mol. The molecule has 1 heterocycles. The lowest BCUT2D eigenvalue weighted by atomic mass is 10.1. The minimum Gasteiger partial charge on any atom is -0.307 e. The Morgan fingerprint density at radius 1 is 1.60 bits per heavy atom. The molecule has 15 heavy (non-hydrogen) atoms. The zero-order valence-corrected chi connectivity index (χ0v) is 10.2. The van der Waals surface area contributed by atoms with E-state index in [0.29, 0.717) is 6.04 Å². The van der Waals surface area contributed by atoms with Gasteiger partial charge in [-0.2, -0.15) is 0 Å². The normalized spacial score (nSPS) is 12.3. The first-order valence-electron chi connectivity index (χ1n) is 5.40. The summed E-state index contributed by atoms with van der Waals surface area (Å²) in [5, 5.41) is 6.75. The second-order valence-electron chi connectivity index (χ2n) is 3.48. The number of hydrogen-bond acceptors (Lipinski definition) is 3. The fourth-order valence-corrected chi connectivity index (χ4v) is 2.09. The largest absolute Gasteiger partial charge is 0.307 e. The molecule has 0 amide bonds. The second kappa shape index (κ2) is 6.60. The number of thiazole rings is 1. The molecule has 0 saturated heterocycles. The van der Waals surface area contributed by atoms with Crippen molar-refractivity contribution in [2.24, 2.45) is 0 Å². The topological polar surface area (TPSA) is 24.9 Å². The Labute approximate surface area is 96.1 Å². The van der Waals surface area contributed by atoms with Crippen LogP contribution < -0.4 is 5.32 Å². The lowest BCUT2D eigenvalue weighted by Gasteiger charge is -2.12. The van der Waals surface area contributed by atoms with Gasteiger partial charge in [-0.1, -0.05) is 13.8 Å². The van der Waals surface area contributed by atoms with E-state index in [1.54, 1.807) is 11.3 Å². The van der Waals surface area contributed by atoms with E-state index in [9.17, 15) is 0 Å². The van der Waals surface area contributed by atoms with Crippen LogP contribution in [0.15, 0.2) is 5.38 Å². The van der Waals surface area contributed by atoms with Crippen LogP contribution in [0.25, 0.3) is 0 Å². The molecule has 1 aromatic heterocycles. The van der Waals surface area contributed by atoms with Gasteiger partial charge in [0.05, 0.1) is 10.7 Å².